The molecule has 0 radical (unpaired) electrons. The van der Waals surface area contributed by atoms with Crippen molar-refractivity contribution in [1.29, 1.82) is 0 Å². The van der Waals surface area contributed by atoms with Gasteiger partial charge in [-0.25, -0.2) is 0 Å². The number of rotatable bonds is 6. The summed E-state index contributed by atoms with van der Waals surface area (Å²) in [5, 5.41) is 3.05. The molecule has 1 fully saturated rings. The highest BCUT2D eigenvalue weighted by molar-refractivity contribution is 5.99. The van der Waals surface area contributed by atoms with E-state index in [2.05, 4.69) is 41.4 Å². The van der Waals surface area contributed by atoms with Crippen LogP contribution in [0.15, 0.2) is 42.5 Å². The lowest BCUT2D eigenvalue weighted by atomic mass is 10.1. The quantitative estimate of drug-likeness (QED) is 0.865. The average Bonchev–Trinajstić information content (AvgIpc) is 3.14. The number of aryl methyl sites for hydroxylation is 1. The molecule has 2 aromatic rings. The summed E-state index contributed by atoms with van der Waals surface area (Å²) < 4.78 is 10.6. The third kappa shape index (κ3) is 3.93. The first kappa shape index (κ1) is 18.1. The Balaban J connectivity index is 1.61. The number of carbonyl (C=O) groups excluding carboxylic acids is 1. The molecule has 1 unspecified atom stereocenters. The molecule has 0 aromatic heterocycles. The molecule has 1 amide bonds. The van der Waals surface area contributed by atoms with Gasteiger partial charge in [0.1, 0.15) is 17.1 Å². The summed E-state index contributed by atoms with van der Waals surface area (Å²) >= 11 is 0. The number of anilines is 1. The monoisotopic (exact) mass is 354 g/mol. The van der Waals surface area contributed by atoms with E-state index in [0.717, 1.165) is 19.5 Å². The molecule has 1 heterocycles. The zero-order valence-electron chi connectivity index (χ0n) is 15.6. The fourth-order valence-electron chi connectivity index (χ4n) is 3.46. The van der Waals surface area contributed by atoms with Gasteiger partial charge in [0.15, 0.2) is 0 Å². The summed E-state index contributed by atoms with van der Waals surface area (Å²) in [5.41, 5.74) is 2.97. The molecule has 26 heavy (non-hydrogen) atoms. The van der Waals surface area contributed by atoms with Crippen LogP contribution < -0.4 is 19.7 Å². The van der Waals surface area contributed by atoms with E-state index in [4.69, 9.17) is 9.47 Å². The standard InChI is InChI=1S/C21H26N2O3/c1-15-6-4-7-17(12-15)23-11-10-16(14-23)13-22-21(24)20-18(25-2)8-5-9-19(20)26-3/h4-9,12,16H,10-11,13-14H2,1-3H3,(H,22,24). The van der Waals surface area contributed by atoms with Crippen LogP contribution in [-0.4, -0.2) is 39.8 Å². The summed E-state index contributed by atoms with van der Waals surface area (Å²) in [6.07, 6.45) is 1.07. The Labute approximate surface area is 154 Å². The van der Waals surface area contributed by atoms with E-state index in [-0.39, 0.29) is 5.91 Å². The highest BCUT2D eigenvalue weighted by atomic mass is 16.5. The molecule has 1 atom stereocenters. The van der Waals surface area contributed by atoms with Crippen molar-refractivity contribution >= 4 is 11.6 Å². The van der Waals surface area contributed by atoms with Gasteiger partial charge < -0.3 is 19.7 Å². The summed E-state index contributed by atoms with van der Waals surface area (Å²) in [7, 11) is 3.12. The molecular formula is C21H26N2O3. The van der Waals surface area contributed by atoms with Gasteiger partial charge in [0, 0.05) is 25.3 Å². The SMILES string of the molecule is COc1cccc(OC)c1C(=O)NCC1CCN(c2cccc(C)c2)C1. The number of carbonyl (C=O) groups is 1. The minimum absolute atomic E-state index is 0.159. The fourth-order valence-corrected chi connectivity index (χ4v) is 3.46. The van der Waals surface area contributed by atoms with Gasteiger partial charge in [0.05, 0.1) is 14.2 Å². The van der Waals surface area contributed by atoms with Gasteiger partial charge in [-0.05, 0) is 49.1 Å². The van der Waals surface area contributed by atoms with Gasteiger partial charge in [-0.15, -0.1) is 0 Å². The van der Waals surface area contributed by atoms with Crippen LogP contribution in [0.4, 0.5) is 5.69 Å². The maximum Gasteiger partial charge on any atom is 0.258 e. The van der Waals surface area contributed by atoms with E-state index in [1.807, 2.05) is 6.07 Å². The van der Waals surface area contributed by atoms with Crippen molar-refractivity contribution in [2.24, 2.45) is 5.92 Å². The van der Waals surface area contributed by atoms with Gasteiger partial charge in [-0.2, -0.15) is 0 Å². The van der Waals surface area contributed by atoms with E-state index in [0.29, 0.717) is 29.5 Å². The zero-order chi connectivity index (χ0) is 18.5. The van der Waals surface area contributed by atoms with Gasteiger partial charge in [-0.1, -0.05) is 18.2 Å². The molecule has 138 valence electrons. The topological polar surface area (TPSA) is 50.8 Å². The Hall–Kier alpha value is -2.69. The molecule has 0 spiro atoms. The minimum Gasteiger partial charge on any atom is -0.496 e. The number of hydrogen-bond donors (Lipinski definition) is 1. The highest BCUT2D eigenvalue weighted by Gasteiger charge is 2.24. The van der Waals surface area contributed by atoms with E-state index in [1.165, 1.54) is 11.3 Å². The third-order valence-electron chi connectivity index (χ3n) is 4.86. The van der Waals surface area contributed by atoms with E-state index < -0.39 is 0 Å². The largest absolute Gasteiger partial charge is 0.496 e. The van der Waals surface area contributed by atoms with Crippen molar-refractivity contribution in [2.45, 2.75) is 13.3 Å². The maximum atomic E-state index is 12.7. The summed E-state index contributed by atoms with van der Waals surface area (Å²) in [5.74, 6) is 1.32. The average molecular weight is 354 g/mol. The lowest BCUT2D eigenvalue weighted by Crippen LogP contribution is -2.31. The number of benzene rings is 2. The van der Waals surface area contributed by atoms with Crippen LogP contribution >= 0.6 is 0 Å². The second kappa shape index (κ2) is 8.13. The fraction of sp³-hybridized carbons (Fsp3) is 0.381. The molecule has 3 rings (SSSR count). The van der Waals surface area contributed by atoms with Crippen LogP contribution in [0.25, 0.3) is 0 Å². The number of ether oxygens (including phenoxy) is 2. The molecular weight excluding hydrogens is 328 g/mol. The lowest BCUT2D eigenvalue weighted by Gasteiger charge is -2.19. The van der Waals surface area contributed by atoms with Gasteiger partial charge in [0.25, 0.3) is 5.91 Å². The maximum absolute atomic E-state index is 12.7. The Morgan fingerprint density at radius 3 is 2.50 bits per heavy atom. The molecule has 0 aliphatic carbocycles. The summed E-state index contributed by atoms with van der Waals surface area (Å²) in [6, 6.07) is 13.9. The normalized spacial score (nSPS) is 16.4. The highest BCUT2D eigenvalue weighted by Crippen LogP contribution is 2.28. The van der Waals surface area contributed by atoms with Crippen molar-refractivity contribution < 1.29 is 14.3 Å². The smallest absolute Gasteiger partial charge is 0.258 e. The first-order chi connectivity index (χ1) is 12.6. The molecule has 0 saturated carbocycles. The number of hydrogen-bond acceptors (Lipinski definition) is 4. The zero-order valence-corrected chi connectivity index (χ0v) is 15.6. The van der Waals surface area contributed by atoms with Crippen molar-refractivity contribution in [3.63, 3.8) is 0 Å². The first-order valence-corrected chi connectivity index (χ1v) is 8.93. The van der Waals surface area contributed by atoms with E-state index in [9.17, 15) is 4.79 Å². The second-order valence-corrected chi connectivity index (χ2v) is 6.69. The van der Waals surface area contributed by atoms with Crippen molar-refractivity contribution in [3.05, 3.63) is 53.6 Å². The molecule has 1 N–H and O–H groups in total. The van der Waals surface area contributed by atoms with Crippen molar-refractivity contribution in [1.82, 2.24) is 5.32 Å². The minimum atomic E-state index is -0.159. The predicted octanol–water partition coefficient (Wildman–Crippen LogP) is 3.27. The molecule has 0 bridgehead atoms. The number of nitrogens with zero attached hydrogens (tertiary/aromatic N) is 1. The van der Waals surface area contributed by atoms with Gasteiger partial charge in [0.2, 0.25) is 0 Å². The van der Waals surface area contributed by atoms with Crippen LogP contribution in [-0.2, 0) is 0 Å². The molecule has 5 heteroatoms. The number of methoxy groups -OCH3 is 2. The third-order valence-corrected chi connectivity index (χ3v) is 4.86. The number of nitrogens with one attached hydrogen (secondary N) is 1. The second-order valence-electron chi connectivity index (χ2n) is 6.69. The predicted molar refractivity (Wildman–Crippen MR) is 103 cm³/mol. The van der Waals surface area contributed by atoms with Crippen LogP contribution in [0.5, 0.6) is 11.5 Å². The molecule has 2 aromatic carbocycles. The van der Waals surface area contributed by atoms with E-state index in [1.54, 1.807) is 26.4 Å². The Morgan fingerprint density at radius 2 is 1.85 bits per heavy atom. The Morgan fingerprint density at radius 1 is 1.15 bits per heavy atom. The van der Waals surface area contributed by atoms with Crippen LogP contribution in [0.1, 0.15) is 22.3 Å². The molecule has 5 nitrogen and oxygen atoms in total. The number of amides is 1. The van der Waals surface area contributed by atoms with Gasteiger partial charge >= 0.3 is 0 Å². The summed E-state index contributed by atoms with van der Waals surface area (Å²) in [6.45, 7) is 4.72. The van der Waals surface area contributed by atoms with Crippen LogP contribution in [0.2, 0.25) is 0 Å². The van der Waals surface area contributed by atoms with Gasteiger partial charge in [-0.3, -0.25) is 4.79 Å². The molecule has 1 aliphatic heterocycles. The first-order valence-electron chi connectivity index (χ1n) is 8.93. The van der Waals surface area contributed by atoms with E-state index >= 15 is 0 Å². The van der Waals surface area contributed by atoms with Crippen molar-refractivity contribution in [2.75, 3.05) is 38.8 Å². The lowest BCUT2D eigenvalue weighted by molar-refractivity contribution is 0.0942. The Kier molecular flexibility index (Phi) is 5.66. The Bertz CT molecular complexity index is 753. The van der Waals surface area contributed by atoms with Crippen LogP contribution in [0.3, 0.4) is 0 Å². The summed E-state index contributed by atoms with van der Waals surface area (Å²) in [4.78, 5) is 15.1. The van der Waals surface area contributed by atoms with Crippen LogP contribution in [0, 0.1) is 12.8 Å². The molecule has 1 saturated heterocycles. The molecule has 1 aliphatic rings. The van der Waals surface area contributed by atoms with Crippen molar-refractivity contribution in [3.8, 4) is 11.5 Å².